The van der Waals surface area contributed by atoms with Crippen molar-refractivity contribution >= 4 is 17.9 Å². The van der Waals surface area contributed by atoms with Crippen molar-refractivity contribution in [1.29, 1.82) is 0 Å². The highest BCUT2D eigenvalue weighted by molar-refractivity contribution is 6.04. The maximum absolute atomic E-state index is 11.5. The highest BCUT2D eigenvalue weighted by Crippen LogP contribution is 2.45. The third kappa shape index (κ3) is 3.08. The van der Waals surface area contributed by atoms with Gasteiger partial charge in [0.2, 0.25) is 5.91 Å². The molecule has 17 heavy (non-hydrogen) atoms. The molecule has 0 unspecified atom stereocenters. The number of rotatable bonds is 5. The first-order chi connectivity index (χ1) is 7.90. The molecule has 0 atom stereocenters. The molecule has 1 fully saturated rings. The number of carbonyl (C=O) groups is 3. The lowest BCUT2D eigenvalue weighted by molar-refractivity contribution is -0.149. The van der Waals surface area contributed by atoms with E-state index in [1.54, 1.807) is 14.1 Å². The van der Waals surface area contributed by atoms with E-state index in [0.717, 1.165) is 0 Å². The van der Waals surface area contributed by atoms with E-state index in [2.05, 4.69) is 10.6 Å². The Balaban J connectivity index is 2.22. The fourth-order valence-electron chi connectivity index (χ4n) is 1.34. The van der Waals surface area contributed by atoms with Crippen molar-refractivity contribution in [2.75, 3.05) is 27.2 Å². The van der Waals surface area contributed by atoms with Crippen LogP contribution in [0.2, 0.25) is 0 Å². The summed E-state index contributed by atoms with van der Waals surface area (Å²) < 4.78 is 0. The Labute approximate surface area is 99.2 Å². The number of hydrogen-bond acceptors (Lipinski definition) is 3. The first-order valence-electron chi connectivity index (χ1n) is 5.37. The lowest BCUT2D eigenvalue weighted by Crippen LogP contribution is -2.43. The summed E-state index contributed by atoms with van der Waals surface area (Å²) in [7, 11) is 3.22. The molecule has 1 rings (SSSR count). The normalized spacial score (nSPS) is 15.9. The lowest BCUT2D eigenvalue weighted by Gasteiger charge is -2.13. The third-order valence-electron chi connectivity index (χ3n) is 2.69. The van der Waals surface area contributed by atoms with Gasteiger partial charge in [-0.3, -0.25) is 9.59 Å². The molecule has 0 spiro atoms. The molecule has 0 bridgehead atoms. The summed E-state index contributed by atoms with van der Waals surface area (Å²) in [5, 5.41) is 13.9. The number of nitrogens with one attached hydrogen (secondary N) is 2. The van der Waals surface area contributed by atoms with Gasteiger partial charge in [-0.25, -0.2) is 4.79 Å². The highest BCUT2D eigenvalue weighted by atomic mass is 16.4. The largest absolute Gasteiger partial charge is 0.480 e. The van der Waals surface area contributed by atoms with E-state index in [-0.39, 0.29) is 19.1 Å². The van der Waals surface area contributed by atoms with E-state index in [9.17, 15) is 14.4 Å². The Hall–Kier alpha value is -1.79. The van der Waals surface area contributed by atoms with Gasteiger partial charge >= 0.3 is 12.0 Å². The quantitative estimate of drug-likeness (QED) is 0.436. The molecule has 0 aliphatic heterocycles. The SMILES string of the molecule is CN(C)C(=O)NCCNC(=O)C1(C(=O)O)CC1. The Morgan fingerprint density at radius 2 is 1.71 bits per heavy atom. The van der Waals surface area contributed by atoms with Gasteiger partial charge in [0.15, 0.2) is 0 Å². The molecule has 7 heteroatoms. The first-order valence-corrected chi connectivity index (χ1v) is 5.37. The summed E-state index contributed by atoms with van der Waals surface area (Å²) in [6.07, 6.45) is 0.774. The minimum absolute atomic E-state index is 0.230. The number of carboxylic acid groups (broad SMARTS) is 1. The topological polar surface area (TPSA) is 98.7 Å². The van der Waals surface area contributed by atoms with Crippen LogP contribution < -0.4 is 10.6 Å². The van der Waals surface area contributed by atoms with Gasteiger partial charge in [-0.2, -0.15) is 0 Å². The van der Waals surface area contributed by atoms with Crippen molar-refractivity contribution in [2.45, 2.75) is 12.8 Å². The molecule has 96 valence electrons. The first kappa shape index (κ1) is 13.3. The number of carboxylic acids is 1. The predicted molar refractivity (Wildman–Crippen MR) is 59.4 cm³/mol. The zero-order valence-electron chi connectivity index (χ0n) is 9.95. The predicted octanol–water partition coefficient (Wildman–Crippen LogP) is -0.761. The number of urea groups is 1. The van der Waals surface area contributed by atoms with Crippen molar-refractivity contribution in [3.8, 4) is 0 Å². The number of carbonyl (C=O) groups excluding carboxylic acids is 2. The standard InChI is InChI=1S/C10H17N3O4/c1-13(2)9(17)12-6-5-11-7(14)10(3-4-10)8(15)16/h3-6H2,1-2H3,(H,11,14)(H,12,17)(H,15,16). The van der Waals surface area contributed by atoms with Gasteiger partial charge in [0.05, 0.1) is 0 Å². The second kappa shape index (κ2) is 5.03. The Morgan fingerprint density at radius 3 is 2.12 bits per heavy atom. The van der Waals surface area contributed by atoms with E-state index in [4.69, 9.17) is 5.11 Å². The number of aliphatic carboxylic acids is 1. The van der Waals surface area contributed by atoms with Crippen LogP contribution in [-0.2, 0) is 9.59 Å². The summed E-state index contributed by atoms with van der Waals surface area (Å²) in [6, 6.07) is -0.251. The summed E-state index contributed by atoms with van der Waals surface area (Å²) >= 11 is 0. The van der Waals surface area contributed by atoms with Crippen LogP contribution in [0.4, 0.5) is 4.79 Å². The molecule has 7 nitrogen and oxygen atoms in total. The smallest absolute Gasteiger partial charge is 0.319 e. The van der Waals surface area contributed by atoms with Crippen molar-refractivity contribution in [3.05, 3.63) is 0 Å². The van der Waals surface area contributed by atoms with Crippen LogP contribution in [-0.4, -0.2) is 55.1 Å². The molecule has 3 N–H and O–H groups in total. The summed E-state index contributed by atoms with van der Waals surface area (Å²) in [6.45, 7) is 0.506. The van der Waals surface area contributed by atoms with Crippen LogP contribution in [0.15, 0.2) is 0 Å². The zero-order chi connectivity index (χ0) is 13.1. The fourth-order valence-corrected chi connectivity index (χ4v) is 1.34. The lowest BCUT2D eigenvalue weighted by atomic mass is 10.1. The molecule has 0 heterocycles. The maximum Gasteiger partial charge on any atom is 0.319 e. The van der Waals surface area contributed by atoms with Crippen LogP contribution in [0, 0.1) is 5.41 Å². The van der Waals surface area contributed by atoms with E-state index < -0.39 is 17.3 Å². The number of hydrogen-bond donors (Lipinski definition) is 3. The Kier molecular flexibility index (Phi) is 3.93. The van der Waals surface area contributed by atoms with Gasteiger partial charge in [-0.1, -0.05) is 0 Å². The monoisotopic (exact) mass is 243 g/mol. The van der Waals surface area contributed by atoms with Gasteiger partial charge in [-0.05, 0) is 12.8 Å². The molecule has 0 saturated heterocycles. The third-order valence-corrected chi connectivity index (χ3v) is 2.69. The molecule has 0 aromatic carbocycles. The van der Waals surface area contributed by atoms with Crippen LogP contribution in [0.1, 0.15) is 12.8 Å². The second-order valence-corrected chi connectivity index (χ2v) is 4.27. The van der Waals surface area contributed by atoms with Crippen LogP contribution >= 0.6 is 0 Å². The fraction of sp³-hybridized carbons (Fsp3) is 0.700. The molecule has 1 saturated carbocycles. The van der Waals surface area contributed by atoms with E-state index in [0.29, 0.717) is 12.8 Å². The second-order valence-electron chi connectivity index (χ2n) is 4.27. The summed E-state index contributed by atoms with van der Waals surface area (Å²) in [5.74, 6) is -1.54. The molecule has 3 amide bonds. The van der Waals surface area contributed by atoms with E-state index in [1.165, 1.54) is 4.90 Å². The molecule has 0 aromatic rings. The van der Waals surface area contributed by atoms with E-state index >= 15 is 0 Å². The molecule has 1 aliphatic rings. The molecular formula is C10H17N3O4. The van der Waals surface area contributed by atoms with Gasteiger partial charge in [0.1, 0.15) is 5.41 Å². The Bertz CT molecular complexity index is 336. The molecule has 0 radical (unpaired) electrons. The molecule has 1 aliphatic carbocycles. The van der Waals surface area contributed by atoms with Crippen molar-refractivity contribution < 1.29 is 19.5 Å². The van der Waals surface area contributed by atoms with Gasteiger partial charge in [-0.15, -0.1) is 0 Å². The molecule has 0 aromatic heterocycles. The van der Waals surface area contributed by atoms with Gasteiger partial charge in [0.25, 0.3) is 0 Å². The van der Waals surface area contributed by atoms with Crippen molar-refractivity contribution in [1.82, 2.24) is 15.5 Å². The average molecular weight is 243 g/mol. The summed E-state index contributed by atoms with van der Waals surface area (Å²) in [4.78, 5) is 34.8. The van der Waals surface area contributed by atoms with Crippen molar-refractivity contribution in [3.63, 3.8) is 0 Å². The van der Waals surface area contributed by atoms with Crippen LogP contribution in [0.5, 0.6) is 0 Å². The van der Waals surface area contributed by atoms with Crippen LogP contribution in [0.3, 0.4) is 0 Å². The summed E-state index contributed by atoms with van der Waals surface area (Å²) in [5.41, 5.74) is -1.22. The van der Waals surface area contributed by atoms with Gasteiger partial charge < -0.3 is 20.6 Å². The van der Waals surface area contributed by atoms with Gasteiger partial charge in [0, 0.05) is 27.2 Å². The van der Waals surface area contributed by atoms with E-state index in [1.807, 2.05) is 0 Å². The number of nitrogens with zero attached hydrogens (tertiary/aromatic N) is 1. The minimum Gasteiger partial charge on any atom is -0.480 e. The van der Waals surface area contributed by atoms with Crippen LogP contribution in [0.25, 0.3) is 0 Å². The average Bonchev–Trinajstić information content (AvgIpc) is 3.04. The highest BCUT2D eigenvalue weighted by Gasteiger charge is 2.56. The maximum atomic E-state index is 11.5. The zero-order valence-corrected chi connectivity index (χ0v) is 9.95. The molecular weight excluding hydrogens is 226 g/mol. The number of amides is 3. The minimum atomic E-state index is -1.22. The van der Waals surface area contributed by atoms with Crippen molar-refractivity contribution in [2.24, 2.45) is 5.41 Å². The Morgan fingerprint density at radius 1 is 1.18 bits per heavy atom.